The first-order valence-electron chi connectivity index (χ1n) is 11.7. The summed E-state index contributed by atoms with van der Waals surface area (Å²) in [5, 5.41) is 30.5. The van der Waals surface area contributed by atoms with Crippen LogP contribution in [0.2, 0.25) is 0 Å². The summed E-state index contributed by atoms with van der Waals surface area (Å²) < 4.78 is 4.98. The minimum Gasteiger partial charge on any atom is -0.396 e. The number of rotatable bonds is 12. The Hall–Kier alpha value is -3.81. The summed E-state index contributed by atoms with van der Waals surface area (Å²) >= 11 is 1.03. The van der Waals surface area contributed by atoms with Gasteiger partial charge in [0.15, 0.2) is 5.69 Å². The zero-order valence-electron chi connectivity index (χ0n) is 20.8. The van der Waals surface area contributed by atoms with E-state index in [9.17, 15) is 34.2 Å². The summed E-state index contributed by atoms with van der Waals surface area (Å²) in [4.78, 5) is 62.1. The van der Waals surface area contributed by atoms with E-state index in [0.717, 1.165) is 17.8 Å². The van der Waals surface area contributed by atoms with Gasteiger partial charge in [-0.05, 0) is 12.1 Å². The first kappa shape index (κ1) is 28.8. The van der Waals surface area contributed by atoms with Crippen molar-refractivity contribution < 1.29 is 38.7 Å². The zero-order valence-corrected chi connectivity index (χ0v) is 21.6. The Morgan fingerprint density at radius 1 is 1.11 bits per heavy atom. The number of hydrogen-bond acceptors (Lipinski definition) is 10. The molecule has 0 saturated heterocycles. The molecule has 12 nitrogen and oxygen atoms in total. The first-order valence-corrected chi connectivity index (χ1v) is 12.7. The van der Waals surface area contributed by atoms with Gasteiger partial charge >= 0.3 is 0 Å². The fourth-order valence-corrected chi connectivity index (χ4v) is 4.14. The number of hydrogen-bond donors (Lipinski definition) is 5. The number of thioether (sulfide) groups is 1. The van der Waals surface area contributed by atoms with Crippen LogP contribution in [-0.2, 0) is 9.59 Å². The highest BCUT2D eigenvalue weighted by Gasteiger charge is 2.36. The van der Waals surface area contributed by atoms with Gasteiger partial charge in [0.25, 0.3) is 5.91 Å². The number of carbonyl (C=O) groups excluding carboxylic acids is 5. The number of amides is 3. The molecule has 2 aromatic rings. The third-order valence-corrected chi connectivity index (χ3v) is 6.63. The van der Waals surface area contributed by atoms with Crippen molar-refractivity contribution >= 4 is 46.7 Å². The molecule has 0 spiro atoms. The predicted octanol–water partition coefficient (Wildman–Crippen LogP) is 0.925. The number of aliphatic hydroxyl groups excluding tert-OH is 2. The second-order valence-corrected chi connectivity index (χ2v) is 10.2. The third kappa shape index (κ3) is 6.94. The molecule has 1 aliphatic rings. The normalized spacial score (nSPS) is 13.8. The predicted molar refractivity (Wildman–Crippen MR) is 138 cm³/mol. The number of nitrogens with one attached hydrogen (secondary N) is 3. The molecule has 13 heteroatoms. The van der Waals surface area contributed by atoms with Crippen molar-refractivity contribution in [1.82, 2.24) is 15.8 Å². The molecule has 1 aromatic heterocycles. The van der Waals surface area contributed by atoms with Gasteiger partial charge in [0, 0.05) is 42.4 Å². The summed E-state index contributed by atoms with van der Waals surface area (Å²) in [5.41, 5.74) is -1.04. The highest BCUT2D eigenvalue weighted by Crippen LogP contribution is 2.30. The van der Waals surface area contributed by atoms with E-state index in [1.807, 2.05) is 0 Å². The number of nitrogens with zero attached hydrogens (tertiary/aromatic N) is 1. The van der Waals surface area contributed by atoms with Crippen molar-refractivity contribution in [3.05, 3.63) is 58.3 Å². The molecule has 0 radical (unpaired) electrons. The van der Waals surface area contributed by atoms with Gasteiger partial charge in [-0.2, -0.15) is 0 Å². The second-order valence-electron chi connectivity index (χ2n) is 9.05. The lowest BCUT2D eigenvalue weighted by atomic mass is 9.87. The summed E-state index contributed by atoms with van der Waals surface area (Å²) in [7, 11) is 0. The number of benzene rings is 1. The van der Waals surface area contributed by atoms with Gasteiger partial charge in [-0.3, -0.25) is 24.0 Å². The van der Waals surface area contributed by atoms with Crippen LogP contribution < -0.4 is 16.0 Å². The Balaban J connectivity index is 1.47. The Morgan fingerprint density at radius 2 is 1.82 bits per heavy atom. The fourth-order valence-electron chi connectivity index (χ4n) is 3.29. The van der Waals surface area contributed by atoms with Gasteiger partial charge in [0.1, 0.15) is 11.7 Å². The standard InChI is InChI=1S/C25H28N4O8S/c1-25(2,13-30)22(34)24(36)27-9-8-17(32)26-10-11-38-16-12-15(31)21-18(20(16)33)19(29-37-21)23(35)28-14-6-4-3-5-7-14/h3-7,12,22,30,34H,8-11,13H2,1-2H3,(H,26,32)(H,27,36)(H,28,35)/t22-/m0/s1. The van der Waals surface area contributed by atoms with Crippen LogP contribution in [0.4, 0.5) is 5.69 Å². The van der Waals surface area contributed by atoms with E-state index < -0.39 is 34.9 Å². The first-order chi connectivity index (χ1) is 18.0. The number of Topliss-reactive ketones (excluding diaryl/α,β-unsaturated/α-hetero) is 1. The number of ketones is 2. The molecule has 1 aromatic carbocycles. The number of fused-ring (bicyclic) bond motifs is 1. The molecule has 0 saturated carbocycles. The third-order valence-electron chi connectivity index (χ3n) is 5.60. The van der Waals surface area contributed by atoms with Crippen LogP contribution in [0.5, 0.6) is 0 Å². The number of aliphatic hydroxyl groups is 2. The molecule has 0 bridgehead atoms. The maximum absolute atomic E-state index is 13.0. The monoisotopic (exact) mass is 544 g/mol. The van der Waals surface area contributed by atoms with Crippen LogP contribution in [0.1, 0.15) is 51.7 Å². The van der Waals surface area contributed by atoms with Crippen molar-refractivity contribution in [3.63, 3.8) is 0 Å². The quantitative estimate of drug-likeness (QED) is 0.240. The minimum absolute atomic E-state index is 0.0153. The minimum atomic E-state index is -1.42. The molecule has 0 aliphatic heterocycles. The highest BCUT2D eigenvalue weighted by atomic mass is 32.2. The molecular formula is C25H28N4O8S. The van der Waals surface area contributed by atoms with Gasteiger partial charge in [-0.15, -0.1) is 11.8 Å². The molecular weight excluding hydrogens is 516 g/mol. The van der Waals surface area contributed by atoms with Gasteiger partial charge in [0.05, 0.1) is 11.5 Å². The molecule has 0 unspecified atom stereocenters. The lowest BCUT2D eigenvalue weighted by Gasteiger charge is -2.27. The molecule has 3 amide bonds. The maximum Gasteiger partial charge on any atom is 0.278 e. The number of anilines is 1. The van der Waals surface area contributed by atoms with E-state index in [2.05, 4.69) is 21.1 Å². The SMILES string of the molecule is CC(C)(CO)[C@@H](O)C(=O)NCCC(=O)NCCSC1=CC(=O)c2onc(C(=O)Nc3ccccc3)c2C1=O. The Labute approximate surface area is 222 Å². The Kier molecular flexibility index (Phi) is 9.55. The smallest absolute Gasteiger partial charge is 0.278 e. The van der Waals surface area contributed by atoms with Crippen molar-refractivity contribution in [2.45, 2.75) is 26.4 Å². The number of carbonyl (C=O) groups is 5. The molecule has 202 valence electrons. The van der Waals surface area contributed by atoms with E-state index >= 15 is 0 Å². The lowest BCUT2D eigenvalue weighted by molar-refractivity contribution is -0.137. The number of aromatic nitrogens is 1. The van der Waals surface area contributed by atoms with Gasteiger partial charge < -0.3 is 30.7 Å². The molecule has 1 heterocycles. The van der Waals surface area contributed by atoms with E-state index in [1.165, 1.54) is 13.8 Å². The largest absolute Gasteiger partial charge is 0.396 e. The van der Waals surface area contributed by atoms with Crippen molar-refractivity contribution in [2.24, 2.45) is 5.41 Å². The second kappa shape index (κ2) is 12.6. The van der Waals surface area contributed by atoms with Crippen molar-refractivity contribution in [3.8, 4) is 0 Å². The summed E-state index contributed by atoms with van der Waals surface area (Å²) in [6.07, 6.45) is -0.366. The molecule has 0 fully saturated rings. The zero-order chi connectivity index (χ0) is 27.9. The van der Waals surface area contributed by atoms with Crippen LogP contribution in [-0.4, -0.2) is 76.2 Å². The van der Waals surface area contributed by atoms with Gasteiger partial charge in [-0.25, -0.2) is 0 Å². The summed E-state index contributed by atoms with van der Waals surface area (Å²) in [6.45, 7) is 2.83. The van der Waals surface area contributed by atoms with Gasteiger partial charge in [0.2, 0.25) is 29.1 Å². The average molecular weight is 545 g/mol. The van der Waals surface area contributed by atoms with Crippen LogP contribution in [0, 0.1) is 5.41 Å². The molecule has 1 atom stereocenters. The summed E-state index contributed by atoms with van der Waals surface area (Å²) in [6, 6.07) is 8.53. The van der Waals surface area contributed by atoms with E-state index in [4.69, 9.17) is 4.52 Å². The van der Waals surface area contributed by atoms with E-state index in [1.54, 1.807) is 30.3 Å². The van der Waals surface area contributed by atoms with Crippen molar-refractivity contribution in [2.75, 3.05) is 30.8 Å². The van der Waals surface area contributed by atoms with Crippen molar-refractivity contribution in [1.29, 1.82) is 0 Å². The molecule has 3 rings (SSSR count). The number of allylic oxidation sites excluding steroid dienone is 2. The van der Waals surface area contributed by atoms with Crippen LogP contribution in [0.3, 0.4) is 0 Å². The van der Waals surface area contributed by atoms with Crippen LogP contribution in [0.15, 0.2) is 45.8 Å². The Morgan fingerprint density at radius 3 is 2.50 bits per heavy atom. The van der Waals surface area contributed by atoms with Crippen LogP contribution >= 0.6 is 11.8 Å². The fraction of sp³-hybridized carbons (Fsp3) is 0.360. The maximum atomic E-state index is 13.0. The average Bonchev–Trinajstić information content (AvgIpc) is 3.36. The summed E-state index contributed by atoms with van der Waals surface area (Å²) in [5.74, 6) is -2.99. The van der Waals surface area contributed by atoms with Gasteiger partial charge in [-0.1, -0.05) is 37.2 Å². The molecule has 5 N–H and O–H groups in total. The Bertz CT molecular complexity index is 1260. The van der Waals surface area contributed by atoms with E-state index in [0.29, 0.717) is 5.69 Å². The molecule has 1 aliphatic carbocycles. The lowest BCUT2D eigenvalue weighted by Crippen LogP contribution is -2.46. The highest BCUT2D eigenvalue weighted by molar-refractivity contribution is 8.04. The topological polar surface area (TPSA) is 188 Å². The van der Waals surface area contributed by atoms with E-state index in [-0.39, 0.29) is 59.7 Å². The number of para-hydroxylation sites is 1. The van der Waals surface area contributed by atoms with Crippen LogP contribution in [0.25, 0.3) is 0 Å². The molecule has 38 heavy (non-hydrogen) atoms.